The molecule has 0 aliphatic rings. The lowest BCUT2D eigenvalue weighted by Gasteiger charge is -2.12. The zero-order chi connectivity index (χ0) is 23.1. The van der Waals surface area contributed by atoms with Crippen LogP contribution in [0.3, 0.4) is 0 Å². The summed E-state index contributed by atoms with van der Waals surface area (Å²) in [5.74, 6) is -0.863. The number of carbonyl (C=O) groups is 2. The zero-order valence-electron chi connectivity index (χ0n) is 16.7. The van der Waals surface area contributed by atoms with Crippen LogP contribution in [-0.2, 0) is 16.0 Å². The van der Waals surface area contributed by atoms with E-state index in [4.69, 9.17) is 28.6 Å². The first-order chi connectivity index (χ1) is 14.6. The lowest BCUT2D eigenvalue weighted by atomic mass is 10.1. The highest BCUT2D eigenvalue weighted by molar-refractivity contribution is 6.39. The number of amides is 2. The summed E-state index contributed by atoms with van der Waals surface area (Å²) >= 11 is 12.3. The van der Waals surface area contributed by atoms with Crippen molar-refractivity contribution in [2.45, 2.75) is 19.8 Å². The molecule has 3 N–H and O–H groups in total. The Morgan fingerprint density at radius 1 is 1.16 bits per heavy atom. The summed E-state index contributed by atoms with van der Waals surface area (Å²) in [7, 11) is 1.51. The molecule has 2 aromatic carbocycles. The van der Waals surface area contributed by atoms with Gasteiger partial charge >= 0.3 is 0 Å². The standard InChI is InChI=1S/C20H19Cl2N5O4/c1-11(28)25-20-15(21)7-12(8-16(20)22)9-18(23)26-19(29)10-17(24-2)13-3-5-14(6-4-13)27(30)31/h3-8H,9-10H2,1-2H3,(H,25,28)(H2,23,26,29). The smallest absolute Gasteiger partial charge is 0.269 e. The fourth-order valence-corrected chi connectivity index (χ4v) is 3.35. The molecule has 2 aromatic rings. The minimum absolute atomic E-state index is 0.0572. The largest absolute Gasteiger partial charge is 0.324 e. The first kappa shape index (κ1) is 24.0. The molecule has 11 heteroatoms. The van der Waals surface area contributed by atoms with E-state index in [0.717, 1.165) is 0 Å². The molecule has 0 aliphatic heterocycles. The summed E-state index contributed by atoms with van der Waals surface area (Å²) in [4.78, 5) is 37.9. The van der Waals surface area contributed by atoms with Gasteiger partial charge in [0, 0.05) is 32.5 Å². The molecule has 0 bridgehead atoms. The monoisotopic (exact) mass is 463 g/mol. The van der Waals surface area contributed by atoms with Gasteiger partial charge in [0.25, 0.3) is 5.69 Å². The number of hydrogen-bond acceptors (Lipinski definition) is 6. The van der Waals surface area contributed by atoms with Crippen molar-refractivity contribution in [1.82, 2.24) is 5.32 Å². The molecular weight excluding hydrogens is 445 g/mol. The molecule has 0 radical (unpaired) electrons. The SMILES string of the molecule is CN=C(CC(=O)NC(=N)Cc1cc(Cl)c(NC(C)=O)c(Cl)c1)c1ccc([N+](=O)[O-])cc1. The quantitative estimate of drug-likeness (QED) is 0.247. The number of hydrogen-bond donors (Lipinski definition) is 3. The van der Waals surface area contributed by atoms with Crippen molar-refractivity contribution < 1.29 is 14.5 Å². The normalized spacial score (nSPS) is 11.0. The zero-order valence-corrected chi connectivity index (χ0v) is 18.2. The van der Waals surface area contributed by atoms with Crippen LogP contribution in [0.4, 0.5) is 11.4 Å². The summed E-state index contributed by atoms with van der Waals surface area (Å²) in [5, 5.41) is 24.2. The van der Waals surface area contributed by atoms with Crippen molar-refractivity contribution in [3.63, 3.8) is 0 Å². The van der Waals surface area contributed by atoms with Crippen LogP contribution in [0.1, 0.15) is 24.5 Å². The summed E-state index contributed by atoms with van der Waals surface area (Å²) in [6.07, 6.45) is -0.0542. The van der Waals surface area contributed by atoms with E-state index in [1.807, 2.05) is 0 Å². The van der Waals surface area contributed by atoms with Gasteiger partial charge in [0.2, 0.25) is 11.8 Å². The summed E-state index contributed by atoms with van der Waals surface area (Å²) in [6, 6.07) is 8.79. The van der Waals surface area contributed by atoms with Crippen molar-refractivity contribution in [3.8, 4) is 0 Å². The van der Waals surface area contributed by atoms with Crippen molar-refractivity contribution in [2.24, 2.45) is 4.99 Å². The third-order valence-corrected chi connectivity index (χ3v) is 4.68. The van der Waals surface area contributed by atoms with Gasteiger partial charge in [-0.25, -0.2) is 0 Å². The van der Waals surface area contributed by atoms with Crippen LogP contribution in [0.25, 0.3) is 0 Å². The molecule has 0 heterocycles. The van der Waals surface area contributed by atoms with E-state index in [0.29, 0.717) is 16.8 Å². The van der Waals surface area contributed by atoms with Crippen LogP contribution in [-0.4, -0.2) is 35.3 Å². The molecule has 0 atom stereocenters. The Hall–Kier alpha value is -3.30. The number of aliphatic imine (C=N–C) groups is 1. The molecule has 0 unspecified atom stereocenters. The average molecular weight is 464 g/mol. The van der Waals surface area contributed by atoms with Crippen LogP contribution in [0.2, 0.25) is 10.0 Å². The number of benzene rings is 2. The van der Waals surface area contributed by atoms with E-state index >= 15 is 0 Å². The Bertz CT molecular complexity index is 1040. The van der Waals surface area contributed by atoms with Crippen LogP contribution < -0.4 is 10.6 Å². The highest BCUT2D eigenvalue weighted by atomic mass is 35.5. The molecule has 0 saturated carbocycles. The first-order valence-electron chi connectivity index (χ1n) is 8.94. The van der Waals surface area contributed by atoms with E-state index in [1.54, 1.807) is 12.1 Å². The van der Waals surface area contributed by atoms with E-state index in [2.05, 4.69) is 15.6 Å². The number of non-ortho nitro benzene ring substituents is 1. The van der Waals surface area contributed by atoms with E-state index in [-0.39, 0.29) is 46.0 Å². The van der Waals surface area contributed by atoms with Crippen LogP contribution in [0.15, 0.2) is 41.4 Å². The highest BCUT2D eigenvalue weighted by Crippen LogP contribution is 2.32. The van der Waals surface area contributed by atoms with Gasteiger partial charge in [-0.3, -0.25) is 30.1 Å². The van der Waals surface area contributed by atoms with E-state index in [1.165, 1.54) is 38.2 Å². The van der Waals surface area contributed by atoms with Gasteiger partial charge in [0.05, 0.1) is 32.8 Å². The van der Waals surface area contributed by atoms with E-state index in [9.17, 15) is 19.7 Å². The Kier molecular flexibility index (Phi) is 8.23. The van der Waals surface area contributed by atoms with Gasteiger partial charge in [0.1, 0.15) is 5.84 Å². The molecule has 9 nitrogen and oxygen atoms in total. The Balaban J connectivity index is 2.01. The molecule has 2 rings (SSSR count). The number of carbonyl (C=O) groups excluding carboxylic acids is 2. The molecule has 0 fully saturated rings. The van der Waals surface area contributed by atoms with Gasteiger partial charge < -0.3 is 10.6 Å². The predicted molar refractivity (Wildman–Crippen MR) is 121 cm³/mol. The number of halogens is 2. The second-order valence-electron chi connectivity index (χ2n) is 6.47. The Morgan fingerprint density at radius 2 is 1.74 bits per heavy atom. The number of rotatable bonds is 7. The van der Waals surface area contributed by atoms with Crippen molar-refractivity contribution in [2.75, 3.05) is 12.4 Å². The van der Waals surface area contributed by atoms with E-state index < -0.39 is 10.8 Å². The second kappa shape index (κ2) is 10.6. The van der Waals surface area contributed by atoms with Gasteiger partial charge in [-0.2, -0.15) is 0 Å². The number of nitro benzene ring substituents is 1. The van der Waals surface area contributed by atoms with Crippen LogP contribution >= 0.6 is 23.2 Å². The first-order valence-corrected chi connectivity index (χ1v) is 9.69. The molecule has 0 aliphatic carbocycles. The molecule has 0 saturated heterocycles. The van der Waals surface area contributed by atoms with Crippen molar-refractivity contribution >= 4 is 57.9 Å². The fraction of sp³-hybridized carbons (Fsp3) is 0.200. The lowest BCUT2D eigenvalue weighted by molar-refractivity contribution is -0.384. The summed E-state index contributed by atoms with van der Waals surface area (Å²) < 4.78 is 0. The van der Waals surface area contributed by atoms with Gasteiger partial charge in [-0.15, -0.1) is 0 Å². The molecular formula is C20H19Cl2N5O4. The van der Waals surface area contributed by atoms with Gasteiger partial charge in [0.15, 0.2) is 0 Å². The van der Waals surface area contributed by atoms with Crippen LogP contribution in [0, 0.1) is 15.5 Å². The third kappa shape index (κ3) is 6.87. The molecule has 0 spiro atoms. The van der Waals surface area contributed by atoms with Crippen molar-refractivity contribution in [1.29, 1.82) is 5.41 Å². The second-order valence-corrected chi connectivity index (χ2v) is 7.28. The van der Waals surface area contributed by atoms with Gasteiger partial charge in [-0.1, -0.05) is 23.2 Å². The maximum atomic E-state index is 12.3. The maximum absolute atomic E-state index is 12.3. The number of nitrogens with one attached hydrogen (secondary N) is 3. The molecule has 31 heavy (non-hydrogen) atoms. The number of amidine groups is 1. The van der Waals surface area contributed by atoms with Crippen molar-refractivity contribution in [3.05, 3.63) is 67.7 Å². The predicted octanol–water partition coefficient (Wildman–Crippen LogP) is 4.01. The average Bonchev–Trinajstić information content (AvgIpc) is 2.68. The molecule has 0 aromatic heterocycles. The molecule has 162 valence electrons. The van der Waals surface area contributed by atoms with Crippen LogP contribution in [0.5, 0.6) is 0 Å². The summed E-state index contributed by atoms with van der Waals surface area (Å²) in [5.41, 5.74) is 1.79. The van der Waals surface area contributed by atoms with Gasteiger partial charge in [-0.05, 0) is 35.4 Å². The Labute approximate surface area is 188 Å². The molecule has 2 amide bonds. The fourth-order valence-electron chi connectivity index (χ4n) is 2.72. The number of nitrogens with zero attached hydrogens (tertiary/aromatic N) is 2. The number of anilines is 1. The highest BCUT2D eigenvalue weighted by Gasteiger charge is 2.15. The summed E-state index contributed by atoms with van der Waals surface area (Å²) in [6.45, 7) is 1.33. The lowest BCUT2D eigenvalue weighted by Crippen LogP contribution is -2.32. The third-order valence-electron chi connectivity index (χ3n) is 4.08. The Morgan fingerprint density at radius 3 is 2.23 bits per heavy atom. The topological polar surface area (TPSA) is 138 Å². The number of nitro groups is 1. The maximum Gasteiger partial charge on any atom is 0.269 e. The minimum atomic E-state index is -0.512. The minimum Gasteiger partial charge on any atom is -0.324 e.